The van der Waals surface area contributed by atoms with Crippen molar-refractivity contribution in [3.8, 4) is 28.7 Å². The Morgan fingerprint density at radius 3 is 2.36 bits per heavy atom. The molecule has 242 valence electrons. The van der Waals surface area contributed by atoms with Gasteiger partial charge in [-0.1, -0.05) is 94.6 Å². The molecule has 4 aromatic heterocycles. The molecule has 0 aliphatic carbocycles. The van der Waals surface area contributed by atoms with Crippen molar-refractivity contribution in [1.29, 1.82) is 0 Å². The quantitative estimate of drug-likeness (QED) is 0.131. The number of hydrogen-bond donors (Lipinski definition) is 0. The van der Waals surface area contributed by atoms with E-state index in [1.54, 1.807) is 0 Å². The van der Waals surface area contributed by atoms with E-state index in [9.17, 15) is 0 Å². The molecule has 0 saturated carbocycles. The Balaban J connectivity index is 0.00000336. The van der Waals surface area contributed by atoms with Gasteiger partial charge in [-0.25, -0.2) is 4.98 Å². The van der Waals surface area contributed by atoms with E-state index >= 15 is 0 Å². The fourth-order valence-corrected chi connectivity index (χ4v) is 7.60. The first kappa shape index (κ1) is 30.5. The second-order valence-electron chi connectivity index (χ2n) is 12.7. The van der Waals surface area contributed by atoms with Crippen molar-refractivity contribution in [2.24, 2.45) is 0 Å². The molecule has 10 rings (SSSR count). The molecule has 0 unspecified atom stereocenters. The zero-order valence-corrected chi connectivity index (χ0v) is 29.7. The maximum Gasteiger partial charge on any atom is 2.00 e. The number of imidazole rings is 1. The van der Waals surface area contributed by atoms with Crippen molar-refractivity contribution in [1.82, 2.24) is 19.0 Å². The number of fused-ring (bicyclic) bond motifs is 9. The largest absolute Gasteiger partial charge is 2.00 e. The van der Waals surface area contributed by atoms with Crippen molar-refractivity contribution in [3.63, 3.8) is 0 Å². The van der Waals surface area contributed by atoms with Crippen LogP contribution in [0.15, 0.2) is 120 Å². The number of nitrogens with zero attached hydrogens (tertiary/aromatic N) is 5. The van der Waals surface area contributed by atoms with Gasteiger partial charge < -0.3 is 23.0 Å². The average Bonchev–Trinajstić information content (AvgIpc) is 3.83. The Hall–Kier alpha value is -5.59. The monoisotopic (exact) mass is 828 g/mol. The van der Waals surface area contributed by atoms with Crippen LogP contribution in [-0.4, -0.2) is 33.0 Å². The van der Waals surface area contributed by atoms with Crippen LogP contribution in [-0.2, 0) is 21.1 Å². The van der Waals surface area contributed by atoms with E-state index in [-0.39, 0.29) is 28.0 Å². The summed E-state index contributed by atoms with van der Waals surface area (Å²) in [6.45, 7) is 4.33. The van der Waals surface area contributed by atoms with Crippen LogP contribution in [0.1, 0.15) is 11.1 Å². The van der Waals surface area contributed by atoms with Gasteiger partial charge in [0.25, 0.3) is 0 Å². The Kier molecular flexibility index (Phi) is 7.01. The maximum atomic E-state index is 6.51. The van der Waals surface area contributed by atoms with Gasteiger partial charge in [-0.3, -0.25) is 4.98 Å². The molecule has 0 spiro atoms. The molecule has 1 aliphatic heterocycles. The van der Waals surface area contributed by atoms with Crippen LogP contribution in [0, 0.1) is 26.0 Å². The summed E-state index contributed by atoms with van der Waals surface area (Å²) >= 11 is 0. The topological polar surface area (TPSA) is 61.2 Å². The number of aryl methyl sites for hydroxylation is 2. The minimum Gasteiger partial charge on any atom is -0.503 e. The van der Waals surface area contributed by atoms with Gasteiger partial charge in [0.15, 0.2) is 0 Å². The van der Waals surface area contributed by atoms with Crippen LogP contribution in [0.2, 0.25) is 0 Å². The Morgan fingerprint density at radius 1 is 0.740 bits per heavy atom. The normalized spacial score (nSPS) is 12.5. The van der Waals surface area contributed by atoms with Gasteiger partial charge in [0.05, 0.1) is 0 Å². The van der Waals surface area contributed by atoms with Crippen molar-refractivity contribution in [3.05, 3.63) is 139 Å². The molecule has 9 heteroatoms. The average molecular weight is 829 g/mol. The van der Waals surface area contributed by atoms with Crippen molar-refractivity contribution in [2.75, 3.05) is 11.9 Å². The number of rotatable bonds is 4. The van der Waals surface area contributed by atoms with Crippen molar-refractivity contribution >= 4 is 61.9 Å². The summed E-state index contributed by atoms with van der Waals surface area (Å²) in [6, 6.07) is 40.1. The van der Waals surface area contributed by atoms with E-state index in [1.807, 2.05) is 61.1 Å². The van der Waals surface area contributed by atoms with E-state index in [1.165, 1.54) is 16.6 Å². The van der Waals surface area contributed by atoms with E-state index < -0.39 is 0 Å². The summed E-state index contributed by atoms with van der Waals surface area (Å²) < 4.78 is 17.1. The molecule has 0 N–H and O–H groups in total. The van der Waals surface area contributed by atoms with E-state index in [2.05, 4.69) is 101 Å². The second-order valence-corrected chi connectivity index (χ2v) is 12.7. The zero-order valence-electron chi connectivity index (χ0n) is 27.4. The molecule has 50 heavy (non-hydrogen) atoms. The number of para-hydroxylation sites is 2. The number of benzene rings is 5. The van der Waals surface area contributed by atoms with Gasteiger partial charge in [0.1, 0.15) is 17.0 Å². The molecule has 7 nitrogen and oxygen atoms in total. The Bertz CT molecular complexity index is 2760. The number of hydrogen-bond acceptors (Lipinski definition) is 5. The molecule has 1 aliphatic rings. The summed E-state index contributed by atoms with van der Waals surface area (Å²) in [5.41, 5.74) is 9.25. The third kappa shape index (κ3) is 4.48. The second kappa shape index (κ2) is 11.5. The number of pyridine rings is 1. The molecule has 0 bridgehead atoms. The third-order valence-electron chi connectivity index (χ3n) is 9.85. The molecule has 0 fully saturated rings. The fraction of sp³-hybridized carbons (Fsp3) is 0.0732. The smallest absolute Gasteiger partial charge is 0.503 e. The number of ether oxygens (including phenoxy) is 1. The maximum absolute atomic E-state index is 6.51. The predicted octanol–water partition coefficient (Wildman–Crippen LogP) is 8.64. The SMILES string of the molecule is Cc1cccc(C)c1B1N(C)c2ccc(Oc3[c-]c4c(cc3)c3ccccc3n4-c3cc4oc5ccccc5c4cn3)[c-]c2-c2nccn21.[Pt+2]. The third-order valence-corrected chi connectivity index (χ3v) is 9.85. The zero-order chi connectivity index (χ0) is 32.8. The van der Waals surface area contributed by atoms with Crippen molar-refractivity contribution in [2.45, 2.75) is 13.8 Å². The van der Waals surface area contributed by atoms with Crippen LogP contribution in [0.3, 0.4) is 0 Å². The number of furan rings is 1. The summed E-state index contributed by atoms with van der Waals surface area (Å²) in [7, 11) is 2.13. The van der Waals surface area contributed by atoms with Crippen LogP contribution < -0.4 is 15.0 Å². The minimum absolute atomic E-state index is 0. The van der Waals surface area contributed by atoms with Crippen molar-refractivity contribution < 1.29 is 30.2 Å². The predicted molar refractivity (Wildman–Crippen MR) is 196 cm³/mol. The number of anilines is 1. The van der Waals surface area contributed by atoms with Gasteiger partial charge in [-0.05, 0) is 43.9 Å². The summed E-state index contributed by atoms with van der Waals surface area (Å²) in [4.78, 5) is 12.0. The Labute approximate surface area is 303 Å². The summed E-state index contributed by atoms with van der Waals surface area (Å²) in [5, 5.41) is 4.21. The molecule has 0 amide bonds. The van der Waals surface area contributed by atoms with E-state index in [0.29, 0.717) is 11.5 Å². The van der Waals surface area contributed by atoms with Crippen LogP contribution >= 0.6 is 0 Å². The summed E-state index contributed by atoms with van der Waals surface area (Å²) in [5.74, 6) is 2.78. The minimum atomic E-state index is -0.0172. The number of aromatic nitrogens is 4. The standard InChI is InChI=1S/C41H28BN5O2.Pt/c1-25-9-8-10-26(2)40(25)42-45(3)34-18-16-27(21-32(34)41-43-19-20-46(41)42)48-28-15-17-30-29-11-4-6-13-35(29)47(36(30)22-28)39-23-38-33(24-44-39)31-12-5-7-14-37(31)49-38;/h4-20,23-24H,1-3H3;/q-2;+2. The van der Waals surface area contributed by atoms with Crippen LogP contribution in [0.4, 0.5) is 5.69 Å². The molecule has 0 radical (unpaired) electrons. The van der Waals surface area contributed by atoms with Gasteiger partial charge in [0, 0.05) is 58.3 Å². The van der Waals surface area contributed by atoms with Crippen LogP contribution in [0.25, 0.3) is 61.0 Å². The first-order chi connectivity index (χ1) is 24.0. The van der Waals surface area contributed by atoms with E-state index in [4.69, 9.17) is 19.1 Å². The van der Waals surface area contributed by atoms with Gasteiger partial charge in [-0.15, -0.1) is 23.6 Å². The van der Waals surface area contributed by atoms with E-state index in [0.717, 1.165) is 66.6 Å². The molecular formula is C41H28BN5O2Pt. The van der Waals surface area contributed by atoms with Gasteiger partial charge in [0.2, 0.25) is 0 Å². The summed E-state index contributed by atoms with van der Waals surface area (Å²) in [6.07, 6.45) is 5.80. The molecule has 5 aromatic carbocycles. The first-order valence-corrected chi connectivity index (χ1v) is 16.3. The van der Waals surface area contributed by atoms with Gasteiger partial charge >= 0.3 is 28.0 Å². The fourth-order valence-electron chi connectivity index (χ4n) is 7.60. The molecular weight excluding hydrogens is 800 g/mol. The van der Waals surface area contributed by atoms with Gasteiger partial charge in [-0.2, -0.15) is 6.07 Å². The van der Waals surface area contributed by atoms with Crippen LogP contribution in [0.5, 0.6) is 11.5 Å². The Morgan fingerprint density at radius 2 is 1.50 bits per heavy atom. The molecule has 9 aromatic rings. The molecule has 0 atom stereocenters. The first-order valence-electron chi connectivity index (χ1n) is 16.3. The molecule has 5 heterocycles. The molecule has 0 saturated heterocycles.